The van der Waals surface area contributed by atoms with Crippen LogP contribution < -0.4 is 14.2 Å². The Morgan fingerprint density at radius 1 is 1.18 bits per heavy atom. The molecule has 5 rings (SSSR count). The van der Waals surface area contributed by atoms with Gasteiger partial charge in [-0.1, -0.05) is 6.07 Å². The first-order chi connectivity index (χ1) is 16.0. The topological polar surface area (TPSA) is 60.9 Å². The average Bonchev–Trinajstić information content (AvgIpc) is 3.21. The van der Waals surface area contributed by atoms with Crippen molar-refractivity contribution in [2.75, 3.05) is 26.9 Å². The molecular weight excluding hydrogens is 423 g/mol. The first kappa shape index (κ1) is 21.2. The Labute approximate surface area is 191 Å². The van der Waals surface area contributed by atoms with Gasteiger partial charge < -0.3 is 19.1 Å². The second kappa shape index (κ2) is 8.73. The fourth-order valence-corrected chi connectivity index (χ4v) is 4.76. The molecule has 0 radical (unpaired) electrons. The van der Waals surface area contributed by atoms with Crippen LogP contribution in [0.25, 0.3) is 0 Å². The van der Waals surface area contributed by atoms with Gasteiger partial charge >= 0.3 is 0 Å². The lowest BCUT2D eigenvalue weighted by molar-refractivity contribution is 0.0674. The van der Waals surface area contributed by atoms with Gasteiger partial charge in [0, 0.05) is 41.3 Å². The molecule has 0 N–H and O–H groups in total. The molecule has 2 aliphatic heterocycles. The van der Waals surface area contributed by atoms with Gasteiger partial charge in [0.2, 0.25) is 5.88 Å². The summed E-state index contributed by atoms with van der Waals surface area (Å²) in [7, 11) is 1.59. The summed E-state index contributed by atoms with van der Waals surface area (Å²) < 4.78 is 31.4. The standard InChI is InChI=1S/C26H25FN2O4/c1-16-4-3-5-24(28-16)33-14-18-13-29(26(30)17-6-9-20(31-2)10-7-17)25-21-12-19(27)8-11-23(21)32-15-22(18)25/h3-12,18,22,25H,13-15H2,1-2H3/t18-,22-,25-/m0/s1. The molecule has 3 atom stereocenters. The Morgan fingerprint density at radius 2 is 2.00 bits per heavy atom. The van der Waals surface area contributed by atoms with E-state index >= 15 is 0 Å². The highest BCUT2D eigenvalue weighted by Gasteiger charge is 2.48. The molecule has 0 spiro atoms. The van der Waals surface area contributed by atoms with Crippen molar-refractivity contribution in [1.29, 1.82) is 0 Å². The van der Waals surface area contributed by atoms with Gasteiger partial charge in [-0.15, -0.1) is 0 Å². The number of methoxy groups -OCH3 is 1. The summed E-state index contributed by atoms with van der Waals surface area (Å²) in [5.74, 6) is 1.38. The molecule has 0 aliphatic carbocycles. The largest absolute Gasteiger partial charge is 0.497 e. The number of rotatable bonds is 5. The van der Waals surface area contributed by atoms with Crippen molar-refractivity contribution in [3.05, 3.63) is 83.3 Å². The number of halogens is 1. The van der Waals surface area contributed by atoms with E-state index in [4.69, 9.17) is 14.2 Å². The number of aryl methyl sites for hydroxylation is 1. The van der Waals surface area contributed by atoms with Gasteiger partial charge in [0.1, 0.15) is 17.3 Å². The van der Waals surface area contributed by atoms with E-state index in [0.29, 0.717) is 48.3 Å². The van der Waals surface area contributed by atoms with Gasteiger partial charge in [0.05, 0.1) is 26.4 Å². The fraction of sp³-hybridized carbons (Fsp3) is 0.308. The third kappa shape index (κ3) is 4.11. The van der Waals surface area contributed by atoms with Crippen molar-refractivity contribution >= 4 is 5.91 Å². The van der Waals surface area contributed by atoms with Crippen LogP contribution in [0.15, 0.2) is 60.7 Å². The van der Waals surface area contributed by atoms with Crippen molar-refractivity contribution in [3.63, 3.8) is 0 Å². The maximum Gasteiger partial charge on any atom is 0.254 e. The second-order valence-corrected chi connectivity index (χ2v) is 8.48. The number of aromatic nitrogens is 1. The minimum absolute atomic E-state index is 0.0101. The van der Waals surface area contributed by atoms with Gasteiger partial charge in [-0.3, -0.25) is 4.79 Å². The maximum atomic E-state index is 14.2. The van der Waals surface area contributed by atoms with Crippen LogP contribution >= 0.6 is 0 Å². The monoisotopic (exact) mass is 448 g/mol. The lowest BCUT2D eigenvalue weighted by Gasteiger charge is -2.34. The van der Waals surface area contributed by atoms with E-state index in [9.17, 15) is 9.18 Å². The molecule has 170 valence electrons. The van der Waals surface area contributed by atoms with Crippen molar-refractivity contribution in [2.45, 2.75) is 13.0 Å². The lowest BCUT2D eigenvalue weighted by atomic mass is 9.85. The van der Waals surface area contributed by atoms with Crippen LogP contribution in [0.5, 0.6) is 17.4 Å². The molecule has 0 unspecified atom stereocenters. The zero-order valence-electron chi connectivity index (χ0n) is 18.5. The Bertz CT molecular complexity index is 1170. The number of carbonyl (C=O) groups excluding carboxylic acids is 1. The predicted molar refractivity (Wildman–Crippen MR) is 120 cm³/mol. The number of likely N-dealkylation sites (tertiary alicyclic amines) is 1. The summed E-state index contributed by atoms with van der Waals surface area (Å²) >= 11 is 0. The van der Waals surface area contributed by atoms with Gasteiger partial charge in [-0.05, 0) is 55.5 Å². The number of benzene rings is 2. The van der Waals surface area contributed by atoms with E-state index in [-0.39, 0.29) is 29.6 Å². The van der Waals surface area contributed by atoms with E-state index in [1.165, 1.54) is 12.1 Å². The van der Waals surface area contributed by atoms with Crippen LogP contribution in [-0.2, 0) is 0 Å². The first-order valence-corrected chi connectivity index (χ1v) is 11.0. The molecule has 3 heterocycles. The number of hydrogen-bond acceptors (Lipinski definition) is 5. The molecule has 2 aromatic carbocycles. The van der Waals surface area contributed by atoms with E-state index in [1.807, 2.05) is 30.0 Å². The van der Waals surface area contributed by atoms with Crippen LogP contribution in [0.3, 0.4) is 0 Å². The summed E-state index contributed by atoms with van der Waals surface area (Å²) in [6.07, 6.45) is 0. The quantitative estimate of drug-likeness (QED) is 0.578. The Morgan fingerprint density at radius 3 is 2.76 bits per heavy atom. The average molecular weight is 448 g/mol. The SMILES string of the molecule is COc1ccc(C(=O)N2C[C@@H](COc3cccc(C)n3)[C@@H]3COc4ccc(F)cc4[C@@H]32)cc1. The van der Waals surface area contributed by atoms with Gasteiger partial charge in [0.25, 0.3) is 5.91 Å². The molecule has 1 fully saturated rings. The summed E-state index contributed by atoms with van der Waals surface area (Å²) in [5, 5.41) is 0. The van der Waals surface area contributed by atoms with Gasteiger partial charge in [0.15, 0.2) is 0 Å². The minimum Gasteiger partial charge on any atom is -0.497 e. The Kier molecular flexibility index (Phi) is 5.62. The summed E-state index contributed by atoms with van der Waals surface area (Å²) in [6, 6.07) is 16.9. The fourth-order valence-electron chi connectivity index (χ4n) is 4.76. The molecule has 0 bridgehead atoms. The molecule has 7 heteroatoms. The Balaban J connectivity index is 1.45. The Hall–Kier alpha value is -3.61. The second-order valence-electron chi connectivity index (χ2n) is 8.48. The van der Waals surface area contributed by atoms with Gasteiger partial charge in [-0.2, -0.15) is 0 Å². The number of hydrogen-bond donors (Lipinski definition) is 0. The molecule has 1 saturated heterocycles. The van der Waals surface area contributed by atoms with Gasteiger partial charge in [-0.25, -0.2) is 9.37 Å². The molecule has 3 aromatic rings. The van der Waals surface area contributed by atoms with E-state index < -0.39 is 0 Å². The number of nitrogens with zero attached hydrogens (tertiary/aromatic N) is 2. The lowest BCUT2D eigenvalue weighted by Crippen LogP contribution is -2.35. The summed E-state index contributed by atoms with van der Waals surface area (Å²) in [4.78, 5) is 19.8. The highest BCUT2D eigenvalue weighted by Crippen LogP contribution is 2.48. The highest BCUT2D eigenvalue weighted by atomic mass is 19.1. The van der Waals surface area contributed by atoms with E-state index in [2.05, 4.69) is 4.98 Å². The van der Waals surface area contributed by atoms with Crippen LogP contribution in [0.2, 0.25) is 0 Å². The third-order valence-electron chi connectivity index (χ3n) is 6.41. The molecule has 6 nitrogen and oxygen atoms in total. The van der Waals surface area contributed by atoms with Crippen LogP contribution in [0.1, 0.15) is 27.7 Å². The molecule has 2 aliphatic rings. The summed E-state index contributed by atoms with van der Waals surface area (Å²) in [6.45, 7) is 3.21. The van der Waals surface area contributed by atoms with Crippen LogP contribution in [0, 0.1) is 24.6 Å². The first-order valence-electron chi connectivity index (χ1n) is 11.0. The molecule has 33 heavy (non-hydrogen) atoms. The third-order valence-corrected chi connectivity index (χ3v) is 6.41. The van der Waals surface area contributed by atoms with Crippen molar-refractivity contribution in [3.8, 4) is 17.4 Å². The van der Waals surface area contributed by atoms with Crippen LogP contribution in [0.4, 0.5) is 4.39 Å². The van der Waals surface area contributed by atoms with E-state index in [1.54, 1.807) is 37.4 Å². The zero-order chi connectivity index (χ0) is 22.9. The molecular formula is C26H25FN2O4. The zero-order valence-corrected chi connectivity index (χ0v) is 18.5. The number of amides is 1. The molecule has 1 amide bonds. The minimum atomic E-state index is -0.349. The molecule has 1 aromatic heterocycles. The molecule has 0 saturated carbocycles. The number of ether oxygens (including phenoxy) is 3. The van der Waals surface area contributed by atoms with Crippen molar-refractivity contribution in [1.82, 2.24) is 9.88 Å². The predicted octanol–water partition coefficient (Wildman–Crippen LogP) is 4.44. The number of carbonyl (C=O) groups is 1. The smallest absolute Gasteiger partial charge is 0.254 e. The van der Waals surface area contributed by atoms with Crippen molar-refractivity contribution < 1.29 is 23.4 Å². The number of pyridine rings is 1. The van der Waals surface area contributed by atoms with Crippen molar-refractivity contribution in [2.24, 2.45) is 11.8 Å². The normalized spacial score (nSPS) is 21.1. The highest BCUT2D eigenvalue weighted by molar-refractivity contribution is 5.95. The van der Waals surface area contributed by atoms with E-state index in [0.717, 1.165) is 5.69 Å². The number of fused-ring (bicyclic) bond motifs is 3. The summed E-state index contributed by atoms with van der Waals surface area (Å²) in [5.41, 5.74) is 2.13. The van der Waals surface area contributed by atoms with Crippen LogP contribution in [-0.4, -0.2) is 42.7 Å². The maximum absolute atomic E-state index is 14.2.